The fourth-order valence-corrected chi connectivity index (χ4v) is 1.65. The predicted molar refractivity (Wildman–Crippen MR) is 70.4 cm³/mol. The van der Waals surface area contributed by atoms with Gasteiger partial charge in [0.2, 0.25) is 0 Å². The van der Waals surface area contributed by atoms with Crippen LogP contribution in [0.3, 0.4) is 0 Å². The van der Waals surface area contributed by atoms with Gasteiger partial charge >= 0.3 is 5.97 Å². The minimum absolute atomic E-state index is 0.348. The predicted octanol–water partition coefficient (Wildman–Crippen LogP) is 2.22. The van der Waals surface area contributed by atoms with Gasteiger partial charge in [0.1, 0.15) is 10.6 Å². The lowest BCUT2D eigenvalue weighted by atomic mass is 10.1. The molecular formula is C12H15BrN2O3. The maximum absolute atomic E-state index is 11.8. The van der Waals surface area contributed by atoms with Crippen LogP contribution in [0, 0.1) is 0 Å². The molecule has 0 spiro atoms. The second kappa shape index (κ2) is 7.10. The van der Waals surface area contributed by atoms with Crippen molar-refractivity contribution in [1.82, 2.24) is 10.3 Å². The molecule has 1 amide bonds. The first-order valence-electron chi connectivity index (χ1n) is 5.69. The first kappa shape index (κ1) is 14.6. The lowest BCUT2D eigenvalue weighted by Crippen LogP contribution is -2.40. The highest BCUT2D eigenvalue weighted by molar-refractivity contribution is 9.10. The van der Waals surface area contributed by atoms with Gasteiger partial charge in [-0.15, -0.1) is 0 Å². The standard InChI is InChI=1S/C12H15BrN2O3/c1-2-3-4-9(12(17)18)15-11(16)8-5-6-10(13)14-7-8/h5-7,9H,2-4H2,1H3,(H,15,16)(H,17,18)/t9-/m0/s1. The van der Waals surface area contributed by atoms with Gasteiger partial charge in [-0.2, -0.15) is 0 Å². The van der Waals surface area contributed by atoms with E-state index in [4.69, 9.17) is 5.11 Å². The van der Waals surface area contributed by atoms with Gasteiger partial charge in [0, 0.05) is 6.20 Å². The Balaban J connectivity index is 2.66. The first-order valence-corrected chi connectivity index (χ1v) is 6.49. The highest BCUT2D eigenvalue weighted by Crippen LogP contribution is 2.07. The molecule has 98 valence electrons. The van der Waals surface area contributed by atoms with Gasteiger partial charge in [-0.05, 0) is 34.5 Å². The average molecular weight is 315 g/mol. The summed E-state index contributed by atoms with van der Waals surface area (Å²) in [7, 11) is 0. The number of aliphatic carboxylic acids is 1. The van der Waals surface area contributed by atoms with E-state index in [0.29, 0.717) is 16.6 Å². The van der Waals surface area contributed by atoms with Gasteiger partial charge in [-0.25, -0.2) is 9.78 Å². The number of hydrogen-bond acceptors (Lipinski definition) is 3. The first-order chi connectivity index (χ1) is 8.54. The molecule has 0 saturated heterocycles. The van der Waals surface area contributed by atoms with Gasteiger partial charge in [0.15, 0.2) is 0 Å². The highest BCUT2D eigenvalue weighted by atomic mass is 79.9. The molecule has 0 fully saturated rings. The van der Waals surface area contributed by atoms with Crippen LogP contribution in [0.2, 0.25) is 0 Å². The zero-order valence-electron chi connectivity index (χ0n) is 10.0. The van der Waals surface area contributed by atoms with Crippen molar-refractivity contribution in [2.45, 2.75) is 32.2 Å². The normalized spacial score (nSPS) is 11.9. The molecule has 0 radical (unpaired) electrons. The van der Waals surface area contributed by atoms with Crippen LogP contribution in [0.1, 0.15) is 36.5 Å². The van der Waals surface area contributed by atoms with E-state index in [1.165, 1.54) is 6.20 Å². The van der Waals surface area contributed by atoms with Crippen LogP contribution < -0.4 is 5.32 Å². The largest absolute Gasteiger partial charge is 0.480 e. The Bertz CT molecular complexity index is 420. The smallest absolute Gasteiger partial charge is 0.326 e. The number of carbonyl (C=O) groups is 2. The molecule has 1 aromatic heterocycles. The van der Waals surface area contributed by atoms with E-state index >= 15 is 0 Å². The number of aromatic nitrogens is 1. The monoisotopic (exact) mass is 314 g/mol. The summed E-state index contributed by atoms with van der Waals surface area (Å²) < 4.78 is 0.625. The summed E-state index contributed by atoms with van der Waals surface area (Å²) in [6.45, 7) is 1.97. The molecule has 1 atom stereocenters. The third kappa shape index (κ3) is 4.44. The summed E-state index contributed by atoms with van der Waals surface area (Å²) in [5.74, 6) is -1.43. The number of carbonyl (C=O) groups excluding carboxylic acids is 1. The van der Waals surface area contributed by atoms with Crippen LogP contribution in [0.4, 0.5) is 0 Å². The summed E-state index contributed by atoms with van der Waals surface area (Å²) in [4.78, 5) is 26.7. The van der Waals surface area contributed by atoms with Gasteiger partial charge in [-0.3, -0.25) is 4.79 Å². The molecule has 0 aromatic carbocycles. The number of pyridine rings is 1. The Hall–Kier alpha value is -1.43. The second-order valence-corrected chi connectivity index (χ2v) is 4.69. The lowest BCUT2D eigenvalue weighted by Gasteiger charge is -2.13. The van der Waals surface area contributed by atoms with Crippen LogP contribution in [-0.4, -0.2) is 28.0 Å². The van der Waals surface area contributed by atoms with Crippen molar-refractivity contribution < 1.29 is 14.7 Å². The van der Waals surface area contributed by atoms with Crippen molar-refractivity contribution in [3.8, 4) is 0 Å². The average Bonchev–Trinajstić information content (AvgIpc) is 2.34. The Morgan fingerprint density at radius 3 is 2.72 bits per heavy atom. The fraction of sp³-hybridized carbons (Fsp3) is 0.417. The molecule has 18 heavy (non-hydrogen) atoms. The molecule has 2 N–H and O–H groups in total. The summed E-state index contributed by atoms with van der Waals surface area (Å²) in [6, 6.07) is 2.38. The molecule has 0 aliphatic rings. The number of carboxylic acids is 1. The van der Waals surface area contributed by atoms with Crippen molar-refractivity contribution in [2.24, 2.45) is 0 Å². The molecule has 1 heterocycles. The molecule has 0 aliphatic carbocycles. The third-order valence-corrected chi connectivity index (χ3v) is 2.91. The third-order valence-electron chi connectivity index (χ3n) is 2.44. The number of halogens is 1. The maximum Gasteiger partial charge on any atom is 0.326 e. The van der Waals surface area contributed by atoms with Gasteiger partial charge in [0.05, 0.1) is 5.56 Å². The second-order valence-electron chi connectivity index (χ2n) is 3.88. The summed E-state index contributed by atoms with van der Waals surface area (Å²) in [5.41, 5.74) is 0.348. The van der Waals surface area contributed by atoms with E-state index in [2.05, 4.69) is 26.2 Å². The van der Waals surface area contributed by atoms with E-state index in [0.717, 1.165) is 12.8 Å². The van der Waals surface area contributed by atoms with Crippen LogP contribution in [0.25, 0.3) is 0 Å². The number of nitrogens with zero attached hydrogens (tertiary/aromatic N) is 1. The Labute approximate surface area is 114 Å². The molecule has 1 rings (SSSR count). The Morgan fingerprint density at radius 2 is 2.22 bits per heavy atom. The quantitative estimate of drug-likeness (QED) is 0.789. The minimum atomic E-state index is -1.01. The molecule has 6 heteroatoms. The van der Waals surface area contributed by atoms with Crippen molar-refractivity contribution in [2.75, 3.05) is 0 Å². The molecule has 5 nitrogen and oxygen atoms in total. The zero-order valence-corrected chi connectivity index (χ0v) is 11.6. The number of hydrogen-bond donors (Lipinski definition) is 2. The fourth-order valence-electron chi connectivity index (χ4n) is 1.42. The minimum Gasteiger partial charge on any atom is -0.480 e. The summed E-state index contributed by atoms with van der Waals surface area (Å²) >= 11 is 3.17. The molecule has 0 saturated carbocycles. The van der Waals surface area contributed by atoms with E-state index in [9.17, 15) is 9.59 Å². The topological polar surface area (TPSA) is 79.3 Å². The van der Waals surface area contributed by atoms with Crippen LogP contribution >= 0.6 is 15.9 Å². The SMILES string of the molecule is CCCC[C@H](NC(=O)c1ccc(Br)nc1)C(=O)O. The Morgan fingerprint density at radius 1 is 1.50 bits per heavy atom. The van der Waals surface area contributed by atoms with Crippen molar-refractivity contribution in [1.29, 1.82) is 0 Å². The van der Waals surface area contributed by atoms with Gasteiger partial charge in [0.25, 0.3) is 5.91 Å². The highest BCUT2D eigenvalue weighted by Gasteiger charge is 2.19. The molecule has 0 unspecified atom stereocenters. The number of nitrogens with one attached hydrogen (secondary N) is 1. The van der Waals surface area contributed by atoms with Gasteiger partial charge < -0.3 is 10.4 Å². The van der Waals surface area contributed by atoms with E-state index in [1.54, 1.807) is 12.1 Å². The molecule has 1 aromatic rings. The zero-order chi connectivity index (χ0) is 13.5. The van der Waals surface area contributed by atoms with Crippen molar-refractivity contribution in [3.05, 3.63) is 28.5 Å². The number of rotatable bonds is 6. The number of amides is 1. The van der Waals surface area contributed by atoms with Gasteiger partial charge in [-0.1, -0.05) is 19.8 Å². The van der Waals surface area contributed by atoms with E-state index in [1.807, 2.05) is 6.92 Å². The molecular weight excluding hydrogens is 300 g/mol. The van der Waals surface area contributed by atoms with Crippen molar-refractivity contribution in [3.63, 3.8) is 0 Å². The summed E-state index contributed by atoms with van der Waals surface area (Å²) in [6.07, 6.45) is 3.48. The van der Waals surface area contributed by atoms with E-state index < -0.39 is 17.9 Å². The lowest BCUT2D eigenvalue weighted by molar-refractivity contribution is -0.139. The van der Waals surface area contributed by atoms with Crippen LogP contribution in [0.5, 0.6) is 0 Å². The maximum atomic E-state index is 11.8. The van der Waals surface area contributed by atoms with Crippen LogP contribution in [-0.2, 0) is 4.79 Å². The van der Waals surface area contributed by atoms with Crippen LogP contribution in [0.15, 0.2) is 22.9 Å². The Kier molecular flexibility index (Phi) is 5.77. The van der Waals surface area contributed by atoms with E-state index in [-0.39, 0.29) is 0 Å². The number of unbranched alkanes of at least 4 members (excludes halogenated alkanes) is 1. The van der Waals surface area contributed by atoms with Crippen molar-refractivity contribution >= 4 is 27.8 Å². The summed E-state index contributed by atoms with van der Waals surface area (Å²) in [5, 5.41) is 11.5. The molecule has 0 aliphatic heterocycles. The molecule has 0 bridgehead atoms. The number of carboxylic acid groups (broad SMARTS) is 1.